The van der Waals surface area contributed by atoms with Gasteiger partial charge in [0.2, 0.25) is 17.6 Å². The number of halogens is 1. The lowest BCUT2D eigenvalue weighted by atomic mass is 10.1. The van der Waals surface area contributed by atoms with Crippen LogP contribution < -0.4 is 10.9 Å². The molecule has 0 aliphatic carbocycles. The van der Waals surface area contributed by atoms with Gasteiger partial charge < -0.3 is 14.8 Å². The molecule has 158 valence electrons. The second kappa shape index (κ2) is 9.14. The van der Waals surface area contributed by atoms with Crippen molar-refractivity contribution >= 4 is 28.4 Å². The van der Waals surface area contributed by atoms with E-state index in [0.29, 0.717) is 42.3 Å². The summed E-state index contributed by atoms with van der Waals surface area (Å²) in [4.78, 5) is 31.7. The number of benzene rings is 2. The molecule has 2 heterocycles. The Hall–Kier alpha value is -3.45. The Morgan fingerprint density at radius 1 is 1.16 bits per heavy atom. The minimum Gasteiger partial charge on any atom is -0.352 e. The number of pyridine rings is 1. The number of rotatable bonds is 7. The smallest absolute Gasteiger partial charge is 0.259 e. The van der Waals surface area contributed by atoms with E-state index in [1.54, 1.807) is 18.2 Å². The van der Waals surface area contributed by atoms with Gasteiger partial charge in [0.1, 0.15) is 0 Å². The van der Waals surface area contributed by atoms with E-state index < -0.39 is 0 Å². The predicted molar refractivity (Wildman–Crippen MR) is 119 cm³/mol. The number of amides is 1. The maximum atomic E-state index is 12.4. The van der Waals surface area contributed by atoms with Gasteiger partial charge >= 0.3 is 0 Å². The molecule has 0 unspecified atom stereocenters. The summed E-state index contributed by atoms with van der Waals surface area (Å²) in [6, 6.07) is 14.9. The van der Waals surface area contributed by atoms with Gasteiger partial charge in [0.15, 0.2) is 0 Å². The van der Waals surface area contributed by atoms with Crippen LogP contribution in [0, 0.1) is 6.92 Å². The van der Waals surface area contributed by atoms with Crippen LogP contribution in [0.15, 0.2) is 57.8 Å². The molecule has 0 atom stereocenters. The van der Waals surface area contributed by atoms with Crippen molar-refractivity contribution in [1.82, 2.24) is 20.4 Å². The highest BCUT2D eigenvalue weighted by Gasteiger charge is 2.14. The van der Waals surface area contributed by atoms with Gasteiger partial charge in [-0.1, -0.05) is 41.0 Å². The number of H-pyrrole nitrogens is 1. The molecule has 2 aromatic carbocycles. The van der Waals surface area contributed by atoms with E-state index >= 15 is 0 Å². The molecule has 0 fully saturated rings. The van der Waals surface area contributed by atoms with Gasteiger partial charge in [0.25, 0.3) is 5.56 Å². The summed E-state index contributed by atoms with van der Waals surface area (Å²) in [5, 5.41) is 8.36. The minimum atomic E-state index is -0.271. The van der Waals surface area contributed by atoms with Gasteiger partial charge in [-0.3, -0.25) is 9.59 Å². The number of nitrogens with one attached hydrogen (secondary N) is 2. The quantitative estimate of drug-likeness (QED) is 0.452. The number of nitrogens with zero attached hydrogens (tertiary/aromatic N) is 2. The van der Waals surface area contributed by atoms with Crippen molar-refractivity contribution in [1.29, 1.82) is 0 Å². The van der Waals surface area contributed by atoms with E-state index in [0.717, 1.165) is 22.0 Å². The zero-order valence-electron chi connectivity index (χ0n) is 16.9. The number of carbonyl (C=O) groups excluding carboxylic acids is 1. The van der Waals surface area contributed by atoms with Gasteiger partial charge in [-0.2, -0.15) is 4.98 Å². The molecule has 0 aliphatic rings. The van der Waals surface area contributed by atoms with Crippen LogP contribution in [0.3, 0.4) is 0 Å². The highest BCUT2D eigenvalue weighted by molar-refractivity contribution is 6.30. The lowest BCUT2D eigenvalue weighted by Crippen LogP contribution is -2.22. The first-order chi connectivity index (χ1) is 15.0. The summed E-state index contributed by atoms with van der Waals surface area (Å²) in [7, 11) is 0. The minimum absolute atomic E-state index is 0.0593. The summed E-state index contributed by atoms with van der Waals surface area (Å²) in [6.07, 6.45) is 1.34. The van der Waals surface area contributed by atoms with Crippen LogP contribution in [-0.2, 0) is 17.8 Å². The second-order valence-corrected chi connectivity index (χ2v) is 7.81. The molecule has 0 saturated carbocycles. The topological polar surface area (TPSA) is 101 Å². The number of fused-ring (bicyclic) bond motifs is 1. The summed E-state index contributed by atoms with van der Waals surface area (Å²) >= 11 is 5.86. The van der Waals surface area contributed by atoms with Crippen molar-refractivity contribution in [3.63, 3.8) is 0 Å². The maximum absolute atomic E-state index is 12.4. The molecule has 2 N–H and O–H groups in total. The van der Waals surface area contributed by atoms with Crippen molar-refractivity contribution in [2.24, 2.45) is 0 Å². The van der Waals surface area contributed by atoms with Crippen molar-refractivity contribution in [2.75, 3.05) is 0 Å². The van der Waals surface area contributed by atoms with Crippen LogP contribution in [0.5, 0.6) is 0 Å². The Bertz CT molecular complexity index is 1280. The third-order valence-corrected chi connectivity index (χ3v) is 5.16. The van der Waals surface area contributed by atoms with Crippen LogP contribution >= 0.6 is 11.6 Å². The predicted octanol–water partition coefficient (Wildman–Crippen LogP) is 4.18. The Labute approximate surface area is 183 Å². The lowest BCUT2D eigenvalue weighted by Gasteiger charge is -2.04. The molecule has 0 spiro atoms. The molecule has 4 aromatic rings. The molecule has 0 radical (unpaired) electrons. The summed E-state index contributed by atoms with van der Waals surface area (Å²) in [5.41, 5.74) is 2.89. The first-order valence-corrected chi connectivity index (χ1v) is 10.3. The van der Waals surface area contributed by atoms with Gasteiger partial charge in [0.05, 0.1) is 5.56 Å². The molecule has 0 bridgehead atoms. The standard InChI is InChI=1S/C23H21ClN4O3/c1-14-5-8-16-12-18(23(30)26-19(16)11-14)22-27-21(31-28-22)4-2-3-20(29)25-13-15-6-9-17(24)10-7-15/h5-12H,2-4,13H2,1H3,(H,25,29)(H,26,30). The van der Waals surface area contributed by atoms with Crippen LogP contribution in [0.2, 0.25) is 5.02 Å². The number of aromatic nitrogens is 3. The molecule has 2 aromatic heterocycles. The Balaban J connectivity index is 1.33. The third kappa shape index (κ3) is 5.19. The molecule has 8 heteroatoms. The van der Waals surface area contributed by atoms with E-state index in [9.17, 15) is 9.59 Å². The Kier molecular flexibility index (Phi) is 6.13. The fourth-order valence-corrected chi connectivity index (χ4v) is 3.36. The Morgan fingerprint density at radius 3 is 2.77 bits per heavy atom. The first-order valence-electron chi connectivity index (χ1n) is 9.96. The SMILES string of the molecule is Cc1ccc2cc(-c3noc(CCCC(=O)NCc4ccc(Cl)cc4)n3)c(=O)[nH]c2c1. The van der Waals surface area contributed by atoms with E-state index in [4.69, 9.17) is 16.1 Å². The average Bonchev–Trinajstić information content (AvgIpc) is 3.21. The molecule has 7 nitrogen and oxygen atoms in total. The number of carbonyl (C=O) groups is 1. The van der Waals surface area contributed by atoms with Crippen molar-refractivity contribution < 1.29 is 9.32 Å². The third-order valence-electron chi connectivity index (χ3n) is 4.91. The number of aryl methyl sites for hydroxylation is 2. The second-order valence-electron chi connectivity index (χ2n) is 7.37. The van der Waals surface area contributed by atoms with Crippen molar-refractivity contribution in [3.8, 4) is 11.4 Å². The van der Waals surface area contributed by atoms with Crippen molar-refractivity contribution in [2.45, 2.75) is 32.7 Å². The van der Waals surface area contributed by atoms with E-state index in [1.807, 2.05) is 37.3 Å². The normalized spacial score (nSPS) is 11.0. The van der Waals surface area contributed by atoms with Gasteiger partial charge in [-0.25, -0.2) is 0 Å². The zero-order chi connectivity index (χ0) is 21.8. The molecular formula is C23H21ClN4O3. The molecule has 1 amide bonds. The monoisotopic (exact) mass is 436 g/mol. The van der Waals surface area contributed by atoms with Gasteiger partial charge in [0, 0.05) is 29.9 Å². The largest absolute Gasteiger partial charge is 0.352 e. The van der Waals surface area contributed by atoms with Gasteiger partial charge in [-0.05, 0) is 54.1 Å². The number of hydrogen-bond donors (Lipinski definition) is 2. The summed E-state index contributed by atoms with van der Waals surface area (Å²) in [5.74, 6) is 0.575. The van der Waals surface area contributed by atoms with Crippen LogP contribution in [0.1, 0.15) is 29.9 Å². The fraction of sp³-hybridized carbons (Fsp3) is 0.217. The fourth-order valence-electron chi connectivity index (χ4n) is 3.24. The summed E-state index contributed by atoms with van der Waals surface area (Å²) < 4.78 is 5.27. The molecular weight excluding hydrogens is 416 g/mol. The number of aromatic amines is 1. The molecule has 4 rings (SSSR count). The van der Waals surface area contributed by atoms with E-state index in [-0.39, 0.29) is 17.3 Å². The lowest BCUT2D eigenvalue weighted by molar-refractivity contribution is -0.121. The highest BCUT2D eigenvalue weighted by atomic mass is 35.5. The zero-order valence-corrected chi connectivity index (χ0v) is 17.7. The van der Waals surface area contributed by atoms with E-state index in [2.05, 4.69) is 20.4 Å². The summed E-state index contributed by atoms with van der Waals surface area (Å²) in [6.45, 7) is 2.42. The molecule has 0 aliphatic heterocycles. The van der Waals surface area contributed by atoms with Crippen LogP contribution in [0.25, 0.3) is 22.3 Å². The van der Waals surface area contributed by atoms with Crippen molar-refractivity contribution in [3.05, 3.63) is 80.9 Å². The first kappa shape index (κ1) is 20.8. The Morgan fingerprint density at radius 2 is 1.97 bits per heavy atom. The molecule has 0 saturated heterocycles. The highest BCUT2D eigenvalue weighted by Crippen LogP contribution is 2.19. The number of hydrogen-bond acceptors (Lipinski definition) is 5. The van der Waals surface area contributed by atoms with Crippen LogP contribution in [0.4, 0.5) is 0 Å². The molecule has 31 heavy (non-hydrogen) atoms. The maximum Gasteiger partial charge on any atom is 0.259 e. The van der Waals surface area contributed by atoms with E-state index in [1.165, 1.54) is 0 Å². The van der Waals surface area contributed by atoms with Gasteiger partial charge in [-0.15, -0.1) is 0 Å². The average molecular weight is 437 g/mol. The van der Waals surface area contributed by atoms with Crippen LogP contribution in [-0.4, -0.2) is 21.0 Å².